The van der Waals surface area contributed by atoms with Gasteiger partial charge in [0.25, 0.3) is 0 Å². The third-order valence-corrected chi connectivity index (χ3v) is 3.54. The van der Waals surface area contributed by atoms with Crippen LogP contribution in [0.1, 0.15) is 23.2 Å². The summed E-state index contributed by atoms with van der Waals surface area (Å²) in [6, 6.07) is 8.96. The van der Waals surface area contributed by atoms with E-state index in [1.807, 2.05) is 24.3 Å². The summed E-state index contributed by atoms with van der Waals surface area (Å²) in [6.07, 6.45) is 1.40. The fourth-order valence-corrected chi connectivity index (χ4v) is 2.52. The second-order valence-corrected chi connectivity index (χ2v) is 5.11. The maximum absolute atomic E-state index is 12.3. The predicted octanol–water partition coefficient (Wildman–Crippen LogP) is 3.22. The number of hydrogen-bond acceptors (Lipinski definition) is 4. The van der Waals surface area contributed by atoms with Crippen molar-refractivity contribution < 1.29 is 14.3 Å². The van der Waals surface area contributed by atoms with E-state index in [9.17, 15) is 4.79 Å². The quantitative estimate of drug-likeness (QED) is 0.629. The molecule has 0 saturated carbocycles. The van der Waals surface area contributed by atoms with Crippen LogP contribution in [0.2, 0.25) is 5.15 Å². The second-order valence-electron chi connectivity index (χ2n) is 4.73. The zero-order chi connectivity index (χ0) is 13.9. The number of hydrogen-bond donors (Lipinski definition) is 0. The van der Waals surface area contributed by atoms with Crippen molar-refractivity contribution in [1.29, 1.82) is 0 Å². The van der Waals surface area contributed by atoms with Gasteiger partial charge in [-0.15, -0.1) is 0 Å². The lowest BCUT2D eigenvalue weighted by atomic mass is 10.1. The van der Waals surface area contributed by atoms with Gasteiger partial charge in [0.15, 0.2) is 0 Å². The number of para-hydroxylation sites is 1. The van der Waals surface area contributed by atoms with E-state index in [1.54, 1.807) is 6.07 Å². The molecule has 0 atom stereocenters. The van der Waals surface area contributed by atoms with Crippen molar-refractivity contribution in [2.45, 2.75) is 18.9 Å². The molecule has 0 radical (unpaired) electrons. The second kappa shape index (κ2) is 5.77. The van der Waals surface area contributed by atoms with E-state index in [4.69, 9.17) is 21.1 Å². The molecule has 1 aromatic carbocycles. The number of carbonyl (C=O) groups excluding carboxylic acids is 1. The minimum absolute atomic E-state index is 0.0815. The molecule has 1 aliphatic heterocycles. The normalized spacial score (nSPS) is 16.2. The van der Waals surface area contributed by atoms with Crippen LogP contribution in [0.4, 0.5) is 0 Å². The molecule has 3 rings (SSSR count). The minimum atomic E-state index is -0.350. The van der Waals surface area contributed by atoms with Crippen molar-refractivity contribution in [3.63, 3.8) is 0 Å². The average Bonchev–Trinajstić information content (AvgIpc) is 2.47. The lowest BCUT2D eigenvalue weighted by molar-refractivity contribution is -0.0157. The van der Waals surface area contributed by atoms with Crippen LogP contribution in [0.3, 0.4) is 0 Å². The Morgan fingerprint density at radius 3 is 2.85 bits per heavy atom. The molecule has 0 N–H and O–H groups in total. The van der Waals surface area contributed by atoms with Gasteiger partial charge in [-0.1, -0.05) is 29.8 Å². The molecular weight excluding hydrogens is 278 g/mol. The number of esters is 1. The number of aromatic nitrogens is 1. The van der Waals surface area contributed by atoms with Crippen molar-refractivity contribution in [2.24, 2.45) is 0 Å². The molecule has 2 aromatic rings. The van der Waals surface area contributed by atoms with Crippen LogP contribution < -0.4 is 0 Å². The Hall–Kier alpha value is -1.65. The number of benzene rings is 1. The molecule has 1 aromatic heterocycles. The first-order valence-corrected chi connectivity index (χ1v) is 6.96. The molecule has 2 heterocycles. The van der Waals surface area contributed by atoms with Crippen molar-refractivity contribution in [1.82, 2.24) is 4.98 Å². The summed E-state index contributed by atoms with van der Waals surface area (Å²) in [5, 5.41) is 1.05. The zero-order valence-corrected chi connectivity index (χ0v) is 11.6. The number of rotatable bonds is 2. The van der Waals surface area contributed by atoms with E-state index >= 15 is 0 Å². The summed E-state index contributed by atoms with van der Waals surface area (Å²) in [5.74, 6) is -0.350. The van der Waals surface area contributed by atoms with E-state index < -0.39 is 0 Å². The standard InChI is InChI=1S/C15H14ClNO3/c16-14-9-12(11-3-1-2-4-13(11)17-14)15(18)20-10-5-7-19-8-6-10/h1-4,9-10H,5-8H2. The molecule has 1 aliphatic rings. The molecule has 0 amide bonds. The van der Waals surface area contributed by atoms with Gasteiger partial charge >= 0.3 is 5.97 Å². The summed E-state index contributed by atoms with van der Waals surface area (Å²) >= 11 is 5.97. The topological polar surface area (TPSA) is 48.4 Å². The molecule has 0 bridgehead atoms. The van der Waals surface area contributed by atoms with E-state index in [1.165, 1.54) is 0 Å². The molecule has 0 spiro atoms. The summed E-state index contributed by atoms with van der Waals surface area (Å²) in [5.41, 5.74) is 1.16. The predicted molar refractivity (Wildman–Crippen MR) is 76.0 cm³/mol. The third-order valence-electron chi connectivity index (χ3n) is 3.35. The summed E-state index contributed by atoms with van der Waals surface area (Å²) in [6.45, 7) is 1.27. The van der Waals surface area contributed by atoms with Crippen LogP contribution in [0, 0.1) is 0 Å². The SMILES string of the molecule is O=C(OC1CCOCC1)c1cc(Cl)nc2ccccc12. The largest absolute Gasteiger partial charge is 0.459 e. The van der Waals surface area contributed by atoms with E-state index in [2.05, 4.69) is 4.98 Å². The first-order valence-electron chi connectivity index (χ1n) is 6.58. The highest BCUT2D eigenvalue weighted by Crippen LogP contribution is 2.23. The minimum Gasteiger partial charge on any atom is -0.459 e. The molecule has 1 saturated heterocycles. The Balaban J connectivity index is 1.90. The smallest absolute Gasteiger partial charge is 0.339 e. The van der Waals surface area contributed by atoms with E-state index in [-0.39, 0.29) is 12.1 Å². The van der Waals surface area contributed by atoms with Crippen molar-refractivity contribution in [2.75, 3.05) is 13.2 Å². The first kappa shape index (κ1) is 13.3. The highest BCUT2D eigenvalue weighted by Gasteiger charge is 2.21. The van der Waals surface area contributed by atoms with Crippen LogP contribution in [-0.2, 0) is 9.47 Å². The van der Waals surface area contributed by atoms with Crippen LogP contribution in [-0.4, -0.2) is 30.3 Å². The third kappa shape index (κ3) is 2.76. The van der Waals surface area contributed by atoms with Gasteiger partial charge in [0.1, 0.15) is 11.3 Å². The van der Waals surface area contributed by atoms with Crippen LogP contribution in [0.25, 0.3) is 10.9 Å². The maximum atomic E-state index is 12.3. The fraction of sp³-hybridized carbons (Fsp3) is 0.333. The molecule has 5 heteroatoms. The van der Waals surface area contributed by atoms with E-state index in [0.717, 1.165) is 18.2 Å². The van der Waals surface area contributed by atoms with Crippen LogP contribution in [0.5, 0.6) is 0 Å². The first-order chi connectivity index (χ1) is 9.74. The lowest BCUT2D eigenvalue weighted by Crippen LogP contribution is -2.26. The fourth-order valence-electron chi connectivity index (χ4n) is 2.32. The maximum Gasteiger partial charge on any atom is 0.339 e. The number of carbonyl (C=O) groups is 1. The lowest BCUT2D eigenvalue weighted by Gasteiger charge is -2.22. The Kier molecular flexibility index (Phi) is 3.85. The molecule has 4 nitrogen and oxygen atoms in total. The van der Waals surface area contributed by atoms with Crippen molar-refractivity contribution >= 4 is 28.5 Å². The Labute approximate surface area is 121 Å². The zero-order valence-electron chi connectivity index (χ0n) is 10.8. The number of fused-ring (bicyclic) bond motifs is 1. The van der Waals surface area contributed by atoms with Gasteiger partial charge in [0, 0.05) is 18.2 Å². The van der Waals surface area contributed by atoms with Crippen LogP contribution in [0.15, 0.2) is 30.3 Å². The Morgan fingerprint density at radius 1 is 1.30 bits per heavy atom. The monoisotopic (exact) mass is 291 g/mol. The molecule has 104 valence electrons. The van der Waals surface area contributed by atoms with Gasteiger partial charge in [0.05, 0.1) is 24.3 Å². The van der Waals surface area contributed by atoms with Crippen molar-refractivity contribution in [3.05, 3.63) is 41.0 Å². The molecule has 20 heavy (non-hydrogen) atoms. The number of pyridine rings is 1. The van der Waals surface area contributed by atoms with Gasteiger partial charge in [-0.2, -0.15) is 0 Å². The summed E-state index contributed by atoms with van der Waals surface area (Å²) in [4.78, 5) is 16.5. The van der Waals surface area contributed by atoms with E-state index in [0.29, 0.717) is 29.4 Å². The highest BCUT2D eigenvalue weighted by molar-refractivity contribution is 6.30. The Bertz CT molecular complexity index is 638. The average molecular weight is 292 g/mol. The van der Waals surface area contributed by atoms with Gasteiger partial charge < -0.3 is 9.47 Å². The molecular formula is C15H14ClNO3. The highest BCUT2D eigenvalue weighted by atomic mass is 35.5. The van der Waals surface area contributed by atoms with Gasteiger partial charge in [-0.25, -0.2) is 9.78 Å². The summed E-state index contributed by atoms with van der Waals surface area (Å²) < 4.78 is 10.8. The molecule has 1 fully saturated rings. The van der Waals surface area contributed by atoms with Gasteiger partial charge in [-0.3, -0.25) is 0 Å². The number of halogens is 1. The van der Waals surface area contributed by atoms with Gasteiger partial charge in [-0.05, 0) is 12.1 Å². The number of ether oxygens (including phenoxy) is 2. The van der Waals surface area contributed by atoms with Crippen LogP contribution >= 0.6 is 11.6 Å². The summed E-state index contributed by atoms with van der Waals surface area (Å²) in [7, 11) is 0. The Morgan fingerprint density at radius 2 is 2.05 bits per heavy atom. The van der Waals surface area contributed by atoms with Gasteiger partial charge in [0.2, 0.25) is 0 Å². The van der Waals surface area contributed by atoms with Crippen molar-refractivity contribution in [3.8, 4) is 0 Å². The molecule has 0 aliphatic carbocycles. The number of nitrogens with zero attached hydrogens (tertiary/aromatic N) is 1. The molecule has 0 unspecified atom stereocenters.